The molecule has 1 atom stereocenters. The molecule has 1 aliphatic rings. The average Bonchev–Trinajstić information content (AvgIpc) is 3.45. The molecule has 0 radical (unpaired) electrons. The summed E-state index contributed by atoms with van der Waals surface area (Å²) < 4.78 is 17.4. The van der Waals surface area contributed by atoms with Gasteiger partial charge in [0.05, 0.1) is 23.9 Å². The van der Waals surface area contributed by atoms with Gasteiger partial charge in [-0.3, -0.25) is 4.79 Å². The Kier molecular flexibility index (Phi) is 7.39. The number of carbonyl (C=O) groups is 1. The molecule has 4 rings (SSSR count). The summed E-state index contributed by atoms with van der Waals surface area (Å²) in [5.41, 5.74) is 3.65. The predicted molar refractivity (Wildman–Crippen MR) is 126 cm³/mol. The minimum atomic E-state index is -0.132. The molecule has 0 saturated carbocycles. The number of hydrogen-bond donors (Lipinski definition) is 1. The molecule has 1 N–H and O–H groups in total. The normalized spacial score (nSPS) is 15.5. The van der Waals surface area contributed by atoms with Crippen molar-refractivity contribution in [2.24, 2.45) is 0 Å². The van der Waals surface area contributed by atoms with Gasteiger partial charge >= 0.3 is 0 Å². The van der Waals surface area contributed by atoms with Crippen molar-refractivity contribution in [1.82, 2.24) is 4.98 Å². The van der Waals surface area contributed by atoms with Crippen molar-refractivity contribution in [3.05, 3.63) is 69.7 Å². The van der Waals surface area contributed by atoms with Crippen LogP contribution < -0.4 is 14.8 Å². The van der Waals surface area contributed by atoms with E-state index < -0.39 is 0 Å². The fourth-order valence-corrected chi connectivity index (χ4v) is 4.15. The predicted octanol–water partition coefficient (Wildman–Crippen LogP) is 5.08. The summed E-state index contributed by atoms with van der Waals surface area (Å²) >= 11 is 1.49. The molecule has 2 heterocycles. The third kappa shape index (κ3) is 6.31. The highest BCUT2D eigenvalue weighted by atomic mass is 32.1. The maximum Gasteiger partial charge on any atom is 0.230 e. The quantitative estimate of drug-likeness (QED) is 0.490. The molecule has 0 bridgehead atoms. The van der Waals surface area contributed by atoms with Crippen molar-refractivity contribution in [2.75, 3.05) is 18.5 Å². The van der Waals surface area contributed by atoms with Gasteiger partial charge in [-0.2, -0.15) is 0 Å². The van der Waals surface area contributed by atoms with Crippen LogP contribution in [0.15, 0.2) is 47.8 Å². The van der Waals surface area contributed by atoms with Crippen LogP contribution in [0.1, 0.15) is 34.7 Å². The molecule has 32 heavy (non-hydrogen) atoms. The Labute approximate surface area is 192 Å². The lowest BCUT2D eigenvalue weighted by molar-refractivity contribution is -0.115. The molecular formula is C25H28N2O4S. The molecular weight excluding hydrogens is 424 g/mol. The number of nitrogens with zero attached hydrogens (tertiary/aromatic N) is 1. The number of anilines is 1. The van der Waals surface area contributed by atoms with Gasteiger partial charge in [0, 0.05) is 12.0 Å². The molecule has 1 saturated heterocycles. The van der Waals surface area contributed by atoms with E-state index in [2.05, 4.69) is 10.3 Å². The SMILES string of the molecule is Cc1ccc(OCc2nc(CC(=O)Nc3ccc(C)cc3OCC3CCCO3)cs2)cc1. The van der Waals surface area contributed by atoms with E-state index >= 15 is 0 Å². The van der Waals surface area contributed by atoms with Gasteiger partial charge in [0.25, 0.3) is 0 Å². The van der Waals surface area contributed by atoms with Crippen LogP contribution in [0.5, 0.6) is 11.5 Å². The van der Waals surface area contributed by atoms with E-state index in [-0.39, 0.29) is 18.4 Å². The number of amides is 1. The lowest BCUT2D eigenvalue weighted by Gasteiger charge is -2.16. The second kappa shape index (κ2) is 10.6. The lowest BCUT2D eigenvalue weighted by Crippen LogP contribution is -2.19. The summed E-state index contributed by atoms with van der Waals surface area (Å²) in [5, 5.41) is 5.70. The Morgan fingerprint density at radius 1 is 1.16 bits per heavy atom. The molecule has 1 fully saturated rings. The van der Waals surface area contributed by atoms with Crippen LogP contribution in [-0.4, -0.2) is 30.2 Å². The molecule has 7 heteroatoms. The highest BCUT2D eigenvalue weighted by Gasteiger charge is 2.18. The van der Waals surface area contributed by atoms with Gasteiger partial charge in [0.2, 0.25) is 5.91 Å². The molecule has 0 aliphatic carbocycles. The van der Waals surface area contributed by atoms with Gasteiger partial charge in [-0.1, -0.05) is 23.8 Å². The molecule has 6 nitrogen and oxygen atoms in total. The van der Waals surface area contributed by atoms with E-state index in [4.69, 9.17) is 14.2 Å². The zero-order valence-corrected chi connectivity index (χ0v) is 19.2. The van der Waals surface area contributed by atoms with Gasteiger partial charge in [0.1, 0.15) is 29.7 Å². The van der Waals surface area contributed by atoms with Gasteiger partial charge in [-0.15, -0.1) is 11.3 Å². The van der Waals surface area contributed by atoms with E-state index in [1.807, 2.05) is 61.7 Å². The van der Waals surface area contributed by atoms with Crippen molar-refractivity contribution in [3.8, 4) is 11.5 Å². The number of benzene rings is 2. The number of thiazole rings is 1. The Morgan fingerprint density at radius 2 is 1.97 bits per heavy atom. The Balaban J connectivity index is 1.31. The van der Waals surface area contributed by atoms with Crippen LogP contribution in [-0.2, 0) is 22.6 Å². The van der Waals surface area contributed by atoms with Crippen LogP contribution in [0.4, 0.5) is 5.69 Å². The minimum Gasteiger partial charge on any atom is -0.489 e. The van der Waals surface area contributed by atoms with Gasteiger partial charge in [-0.25, -0.2) is 4.98 Å². The number of hydrogen-bond acceptors (Lipinski definition) is 6. The maximum atomic E-state index is 12.6. The highest BCUT2D eigenvalue weighted by Crippen LogP contribution is 2.27. The van der Waals surface area contributed by atoms with Crippen LogP contribution in [0.3, 0.4) is 0 Å². The standard InChI is InChI=1S/C25H28N2O4S/c1-17-5-8-20(9-6-17)30-15-25-26-19(16-32-25)13-24(28)27-22-10-7-18(2)12-23(22)31-14-21-4-3-11-29-21/h5-10,12,16,21H,3-4,11,13-15H2,1-2H3,(H,27,28). The van der Waals surface area contributed by atoms with E-state index in [1.165, 1.54) is 16.9 Å². The van der Waals surface area contributed by atoms with Crippen molar-refractivity contribution in [2.45, 2.75) is 45.8 Å². The Morgan fingerprint density at radius 3 is 2.75 bits per heavy atom. The first-order valence-corrected chi connectivity index (χ1v) is 11.7. The topological polar surface area (TPSA) is 69.7 Å². The first-order valence-electron chi connectivity index (χ1n) is 10.8. The van der Waals surface area contributed by atoms with Crippen molar-refractivity contribution in [3.63, 3.8) is 0 Å². The molecule has 1 unspecified atom stereocenters. The molecule has 1 aromatic heterocycles. The van der Waals surface area contributed by atoms with Gasteiger partial charge < -0.3 is 19.5 Å². The monoisotopic (exact) mass is 452 g/mol. The molecule has 0 spiro atoms. The molecule has 3 aromatic rings. The van der Waals surface area contributed by atoms with Crippen LogP contribution in [0.2, 0.25) is 0 Å². The zero-order chi connectivity index (χ0) is 22.3. The van der Waals surface area contributed by atoms with Gasteiger partial charge in [-0.05, 0) is 56.5 Å². The van der Waals surface area contributed by atoms with Crippen LogP contribution >= 0.6 is 11.3 Å². The summed E-state index contributed by atoms with van der Waals surface area (Å²) in [6.07, 6.45) is 2.39. The summed E-state index contributed by atoms with van der Waals surface area (Å²) in [6.45, 7) is 5.70. The van der Waals surface area contributed by atoms with Crippen molar-refractivity contribution < 1.29 is 19.0 Å². The number of aromatic nitrogens is 1. The molecule has 168 valence electrons. The first-order chi connectivity index (χ1) is 15.5. The number of rotatable bonds is 9. The minimum absolute atomic E-state index is 0.120. The second-order valence-corrected chi connectivity index (χ2v) is 8.95. The second-order valence-electron chi connectivity index (χ2n) is 8.00. The summed E-state index contributed by atoms with van der Waals surface area (Å²) in [6, 6.07) is 13.7. The van der Waals surface area contributed by atoms with E-state index in [1.54, 1.807) is 0 Å². The third-order valence-electron chi connectivity index (χ3n) is 5.18. The molecule has 1 amide bonds. The highest BCUT2D eigenvalue weighted by molar-refractivity contribution is 7.09. The number of aryl methyl sites for hydroxylation is 2. The smallest absolute Gasteiger partial charge is 0.230 e. The maximum absolute atomic E-state index is 12.6. The van der Waals surface area contributed by atoms with E-state index in [9.17, 15) is 4.79 Å². The summed E-state index contributed by atoms with van der Waals surface area (Å²) in [5.74, 6) is 1.34. The summed E-state index contributed by atoms with van der Waals surface area (Å²) in [4.78, 5) is 17.2. The zero-order valence-electron chi connectivity index (χ0n) is 18.4. The number of nitrogens with one attached hydrogen (secondary N) is 1. The Hall–Kier alpha value is -2.90. The summed E-state index contributed by atoms with van der Waals surface area (Å²) in [7, 11) is 0. The van der Waals surface area contributed by atoms with Crippen LogP contribution in [0, 0.1) is 13.8 Å². The molecule has 2 aromatic carbocycles. The lowest BCUT2D eigenvalue weighted by atomic mass is 10.2. The van der Waals surface area contributed by atoms with Crippen LogP contribution in [0.25, 0.3) is 0 Å². The average molecular weight is 453 g/mol. The Bertz CT molecular complexity index is 1040. The van der Waals surface area contributed by atoms with E-state index in [0.29, 0.717) is 24.7 Å². The number of carbonyl (C=O) groups excluding carboxylic acids is 1. The number of ether oxygens (including phenoxy) is 3. The van der Waals surface area contributed by atoms with E-state index in [0.717, 1.165) is 41.5 Å². The first kappa shape index (κ1) is 22.3. The van der Waals surface area contributed by atoms with Gasteiger partial charge in [0.15, 0.2) is 0 Å². The third-order valence-corrected chi connectivity index (χ3v) is 6.06. The largest absolute Gasteiger partial charge is 0.489 e. The van der Waals surface area contributed by atoms with Crippen molar-refractivity contribution >= 4 is 22.9 Å². The fourth-order valence-electron chi connectivity index (χ4n) is 3.45. The molecule has 1 aliphatic heterocycles. The fraction of sp³-hybridized carbons (Fsp3) is 0.360. The van der Waals surface area contributed by atoms with Crippen molar-refractivity contribution in [1.29, 1.82) is 0 Å².